The van der Waals surface area contributed by atoms with Crippen LogP contribution in [0.2, 0.25) is 0 Å². The fraction of sp³-hybridized carbons (Fsp3) is 0.385. The first-order valence-corrected chi connectivity index (χ1v) is 7.38. The summed E-state index contributed by atoms with van der Waals surface area (Å²) >= 11 is 1.78. The number of hydrogen-bond acceptors (Lipinski definition) is 4. The van der Waals surface area contributed by atoms with Crippen molar-refractivity contribution in [1.82, 2.24) is 4.90 Å². The van der Waals surface area contributed by atoms with Crippen molar-refractivity contribution in [3.05, 3.63) is 24.3 Å². The number of carboxylic acids is 1. The quantitative estimate of drug-likeness (QED) is 0.882. The molecule has 0 aromatic heterocycles. The molecule has 20 heavy (non-hydrogen) atoms. The van der Waals surface area contributed by atoms with E-state index < -0.39 is 12.5 Å². The van der Waals surface area contributed by atoms with E-state index in [4.69, 9.17) is 5.11 Å². The van der Waals surface area contributed by atoms with E-state index in [1.165, 1.54) is 29.2 Å². The van der Waals surface area contributed by atoms with Gasteiger partial charge in [-0.25, -0.2) is 4.79 Å². The second-order valence-electron chi connectivity index (χ2n) is 4.38. The maximum absolute atomic E-state index is 12.4. The van der Waals surface area contributed by atoms with Gasteiger partial charge in [-0.2, -0.15) is 11.8 Å². The second-order valence-corrected chi connectivity index (χ2v) is 5.60. The first-order chi connectivity index (χ1) is 9.58. The molecule has 2 amide bonds. The molecular weight excluding hydrogens is 280 g/mol. The average Bonchev–Trinajstić information content (AvgIpc) is 2.46. The molecule has 0 spiro atoms. The molecule has 0 unspecified atom stereocenters. The Bertz CT molecular complexity index is 486. The molecule has 6 nitrogen and oxygen atoms in total. The number of thioether (sulfide) groups is 1. The monoisotopic (exact) mass is 296 g/mol. The van der Waals surface area contributed by atoms with Crippen LogP contribution in [-0.4, -0.2) is 58.3 Å². The summed E-state index contributed by atoms with van der Waals surface area (Å²) in [6, 6.07) is 5.63. The van der Waals surface area contributed by atoms with Gasteiger partial charge in [0, 0.05) is 30.3 Å². The molecule has 2 rings (SSSR count). The lowest BCUT2D eigenvalue weighted by Gasteiger charge is -2.32. The summed E-state index contributed by atoms with van der Waals surface area (Å²) in [5, 5.41) is 18.3. The number of carbonyl (C=O) groups is 2. The van der Waals surface area contributed by atoms with Crippen molar-refractivity contribution in [1.29, 1.82) is 0 Å². The number of aromatic hydroxyl groups is 1. The van der Waals surface area contributed by atoms with E-state index in [2.05, 4.69) is 0 Å². The Labute approximate surface area is 121 Å². The van der Waals surface area contributed by atoms with Crippen LogP contribution in [-0.2, 0) is 4.79 Å². The fourth-order valence-corrected chi connectivity index (χ4v) is 2.87. The van der Waals surface area contributed by atoms with Gasteiger partial charge in [-0.05, 0) is 24.3 Å². The number of nitrogens with zero attached hydrogens (tertiary/aromatic N) is 2. The molecule has 0 aliphatic carbocycles. The van der Waals surface area contributed by atoms with Crippen molar-refractivity contribution in [2.45, 2.75) is 0 Å². The lowest BCUT2D eigenvalue weighted by molar-refractivity contribution is -0.135. The Balaban J connectivity index is 2.19. The standard InChI is InChI=1S/C13H16N2O4S/c16-11-3-1-10(2-4-11)15(9-12(17)18)13(19)14-5-7-20-8-6-14/h1-4,16H,5-9H2,(H,17,18). The van der Waals surface area contributed by atoms with Crippen LogP contribution < -0.4 is 4.90 Å². The molecule has 2 N–H and O–H groups in total. The van der Waals surface area contributed by atoms with Crippen LogP contribution in [0.4, 0.5) is 10.5 Å². The summed E-state index contributed by atoms with van der Waals surface area (Å²) in [7, 11) is 0. The average molecular weight is 296 g/mol. The molecule has 0 radical (unpaired) electrons. The molecule has 1 saturated heterocycles. The largest absolute Gasteiger partial charge is 0.508 e. The number of rotatable bonds is 3. The number of carboxylic acid groups (broad SMARTS) is 1. The summed E-state index contributed by atoms with van der Waals surface area (Å²) in [5.74, 6) is 0.730. The van der Waals surface area contributed by atoms with Crippen LogP contribution in [0.25, 0.3) is 0 Å². The van der Waals surface area contributed by atoms with E-state index in [0.29, 0.717) is 18.8 Å². The van der Waals surface area contributed by atoms with Gasteiger partial charge in [-0.1, -0.05) is 0 Å². The summed E-state index contributed by atoms with van der Waals surface area (Å²) in [4.78, 5) is 26.3. The van der Waals surface area contributed by atoms with Gasteiger partial charge in [0.1, 0.15) is 12.3 Å². The maximum atomic E-state index is 12.4. The number of amides is 2. The van der Waals surface area contributed by atoms with Crippen molar-refractivity contribution in [2.75, 3.05) is 36.0 Å². The lowest BCUT2D eigenvalue weighted by Crippen LogP contribution is -2.48. The van der Waals surface area contributed by atoms with Gasteiger partial charge in [0.2, 0.25) is 0 Å². The van der Waals surface area contributed by atoms with Gasteiger partial charge in [0.25, 0.3) is 0 Å². The zero-order valence-electron chi connectivity index (χ0n) is 10.9. The zero-order chi connectivity index (χ0) is 14.5. The highest BCUT2D eigenvalue weighted by atomic mass is 32.2. The topological polar surface area (TPSA) is 81.1 Å². The predicted molar refractivity (Wildman–Crippen MR) is 77.4 cm³/mol. The van der Waals surface area contributed by atoms with E-state index in [-0.39, 0.29) is 11.8 Å². The molecular formula is C13H16N2O4S. The summed E-state index contributed by atoms with van der Waals surface area (Å²) in [6.45, 7) is 0.850. The summed E-state index contributed by atoms with van der Waals surface area (Å²) in [5.41, 5.74) is 0.466. The van der Waals surface area contributed by atoms with Crippen molar-refractivity contribution >= 4 is 29.4 Å². The van der Waals surface area contributed by atoms with Gasteiger partial charge < -0.3 is 15.1 Å². The Hall–Kier alpha value is -1.89. The van der Waals surface area contributed by atoms with Crippen molar-refractivity contribution < 1.29 is 19.8 Å². The number of phenols is 1. The van der Waals surface area contributed by atoms with Crippen LogP contribution in [0.15, 0.2) is 24.3 Å². The van der Waals surface area contributed by atoms with Gasteiger partial charge in [-0.3, -0.25) is 9.69 Å². The van der Waals surface area contributed by atoms with Gasteiger partial charge in [-0.15, -0.1) is 0 Å². The smallest absolute Gasteiger partial charge is 0.325 e. The van der Waals surface area contributed by atoms with Gasteiger partial charge in [0.15, 0.2) is 0 Å². The highest BCUT2D eigenvalue weighted by Crippen LogP contribution is 2.21. The fourth-order valence-electron chi connectivity index (χ4n) is 1.96. The molecule has 7 heteroatoms. The molecule has 1 aromatic rings. The molecule has 1 aliphatic heterocycles. The van der Waals surface area contributed by atoms with Gasteiger partial charge in [0.05, 0.1) is 0 Å². The van der Waals surface area contributed by atoms with Crippen LogP contribution >= 0.6 is 11.8 Å². The summed E-state index contributed by atoms with van der Waals surface area (Å²) in [6.07, 6.45) is 0. The van der Waals surface area contributed by atoms with Crippen LogP contribution in [0.1, 0.15) is 0 Å². The van der Waals surface area contributed by atoms with Crippen LogP contribution in [0.3, 0.4) is 0 Å². The minimum Gasteiger partial charge on any atom is -0.508 e. The van der Waals surface area contributed by atoms with E-state index in [0.717, 1.165) is 11.5 Å². The molecule has 1 heterocycles. The van der Waals surface area contributed by atoms with E-state index in [1.54, 1.807) is 16.7 Å². The van der Waals surface area contributed by atoms with Crippen LogP contribution in [0.5, 0.6) is 5.75 Å². The molecule has 0 atom stereocenters. The van der Waals surface area contributed by atoms with Gasteiger partial charge >= 0.3 is 12.0 Å². The third kappa shape index (κ3) is 3.57. The predicted octanol–water partition coefficient (Wildman–Crippen LogP) is 1.45. The SMILES string of the molecule is O=C(O)CN(C(=O)N1CCSCC1)c1ccc(O)cc1. The number of hydrogen-bond donors (Lipinski definition) is 2. The minimum absolute atomic E-state index is 0.0749. The summed E-state index contributed by atoms with van der Waals surface area (Å²) < 4.78 is 0. The maximum Gasteiger partial charge on any atom is 0.325 e. The normalized spacial score (nSPS) is 14.9. The lowest BCUT2D eigenvalue weighted by atomic mass is 10.2. The highest BCUT2D eigenvalue weighted by Gasteiger charge is 2.25. The first-order valence-electron chi connectivity index (χ1n) is 6.23. The number of urea groups is 1. The Morgan fingerprint density at radius 3 is 2.35 bits per heavy atom. The molecule has 0 saturated carbocycles. The zero-order valence-corrected chi connectivity index (χ0v) is 11.7. The number of anilines is 1. The molecule has 1 fully saturated rings. The first kappa shape index (κ1) is 14.5. The second kappa shape index (κ2) is 6.51. The number of carbonyl (C=O) groups excluding carboxylic acids is 1. The van der Waals surface area contributed by atoms with Crippen LogP contribution in [0, 0.1) is 0 Å². The van der Waals surface area contributed by atoms with E-state index in [1.807, 2.05) is 0 Å². The number of benzene rings is 1. The third-order valence-corrected chi connectivity index (χ3v) is 3.91. The Morgan fingerprint density at radius 1 is 1.20 bits per heavy atom. The molecule has 108 valence electrons. The number of aliphatic carboxylic acids is 1. The molecule has 0 bridgehead atoms. The van der Waals surface area contributed by atoms with Crippen molar-refractivity contribution in [2.24, 2.45) is 0 Å². The Kier molecular flexibility index (Phi) is 4.73. The molecule has 1 aliphatic rings. The highest BCUT2D eigenvalue weighted by molar-refractivity contribution is 7.99. The molecule has 1 aromatic carbocycles. The third-order valence-electron chi connectivity index (χ3n) is 2.97. The minimum atomic E-state index is -1.07. The Morgan fingerprint density at radius 2 is 1.80 bits per heavy atom. The van der Waals surface area contributed by atoms with Crippen molar-refractivity contribution in [3.63, 3.8) is 0 Å². The van der Waals surface area contributed by atoms with Crippen molar-refractivity contribution in [3.8, 4) is 5.75 Å². The van der Waals surface area contributed by atoms with E-state index >= 15 is 0 Å². The van der Waals surface area contributed by atoms with E-state index in [9.17, 15) is 14.7 Å². The number of phenolic OH excluding ortho intramolecular Hbond substituents is 1.